The smallest absolute Gasteiger partial charge is 0.251 e. The molecule has 0 bridgehead atoms. The SMILES string of the molecule is Cc1cc(C)c(C(N)=O)c(Sc2ccc3c(c2)OCCCO3)n1. The maximum absolute atomic E-state index is 11.7. The number of carbonyl (C=O) groups is 1. The average molecular weight is 330 g/mol. The number of aromatic nitrogens is 1. The largest absolute Gasteiger partial charge is 0.490 e. The number of aryl methyl sites for hydroxylation is 2. The molecule has 2 aromatic rings. The van der Waals surface area contributed by atoms with Crippen LogP contribution in [-0.4, -0.2) is 24.1 Å². The summed E-state index contributed by atoms with van der Waals surface area (Å²) in [6.45, 7) is 5.06. The Labute approximate surface area is 139 Å². The summed E-state index contributed by atoms with van der Waals surface area (Å²) in [6.07, 6.45) is 0.863. The summed E-state index contributed by atoms with van der Waals surface area (Å²) in [6, 6.07) is 7.59. The van der Waals surface area contributed by atoms with Gasteiger partial charge >= 0.3 is 0 Å². The maximum Gasteiger partial charge on any atom is 0.251 e. The third kappa shape index (κ3) is 3.42. The van der Waals surface area contributed by atoms with E-state index in [2.05, 4.69) is 4.98 Å². The second-order valence-electron chi connectivity index (χ2n) is 5.39. The van der Waals surface area contributed by atoms with Gasteiger partial charge in [0, 0.05) is 17.0 Å². The summed E-state index contributed by atoms with van der Waals surface area (Å²) in [5.41, 5.74) is 7.67. The fourth-order valence-corrected chi connectivity index (χ4v) is 3.57. The van der Waals surface area contributed by atoms with Crippen LogP contribution in [0.3, 0.4) is 0 Å². The van der Waals surface area contributed by atoms with Crippen molar-refractivity contribution in [3.05, 3.63) is 41.1 Å². The van der Waals surface area contributed by atoms with Gasteiger partial charge in [-0.2, -0.15) is 0 Å². The quantitative estimate of drug-likeness (QED) is 0.936. The van der Waals surface area contributed by atoms with Crippen molar-refractivity contribution in [1.82, 2.24) is 4.98 Å². The van der Waals surface area contributed by atoms with Crippen LogP contribution in [0.15, 0.2) is 34.2 Å². The lowest BCUT2D eigenvalue weighted by molar-refractivity contribution is 0.0996. The number of rotatable bonds is 3. The molecule has 2 N–H and O–H groups in total. The Morgan fingerprint density at radius 2 is 1.91 bits per heavy atom. The molecule has 0 saturated carbocycles. The minimum Gasteiger partial charge on any atom is -0.490 e. The number of hydrogen-bond donors (Lipinski definition) is 1. The lowest BCUT2D eigenvalue weighted by atomic mass is 10.1. The van der Waals surface area contributed by atoms with Crippen molar-refractivity contribution in [1.29, 1.82) is 0 Å². The molecule has 5 nitrogen and oxygen atoms in total. The maximum atomic E-state index is 11.7. The third-order valence-electron chi connectivity index (χ3n) is 3.49. The molecule has 1 aliphatic rings. The monoisotopic (exact) mass is 330 g/mol. The fourth-order valence-electron chi connectivity index (χ4n) is 2.49. The molecule has 120 valence electrons. The second kappa shape index (κ2) is 6.50. The zero-order chi connectivity index (χ0) is 16.4. The molecular formula is C17H18N2O3S. The highest BCUT2D eigenvalue weighted by Gasteiger charge is 2.17. The van der Waals surface area contributed by atoms with E-state index in [9.17, 15) is 4.79 Å². The number of nitrogens with two attached hydrogens (primary N) is 1. The normalized spacial score (nSPS) is 13.5. The molecule has 1 aromatic carbocycles. The Morgan fingerprint density at radius 3 is 2.65 bits per heavy atom. The molecule has 6 heteroatoms. The van der Waals surface area contributed by atoms with Gasteiger partial charge in [0.15, 0.2) is 11.5 Å². The summed E-state index contributed by atoms with van der Waals surface area (Å²) in [5, 5.41) is 0.615. The molecule has 0 aliphatic carbocycles. The van der Waals surface area contributed by atoms with Gasteiger partial charge in [-0.15, -0.1) is 0 Å². The molecule has 0 spiro atoms. The van der Waals surface area contributed by atoms with E-state index in [-0.39, 0.29) is 0 Å². The van der Waals surface area contributed by atoms with Gasteiger partial charge in [-0.3, -0.25) is 4.79 Å². The van der Waals surface area contributed by atoms with Crippen molar-refractivity contribution >= 4 is 17.7 Å². The van der Waals surface area contributed by atoms with Crippen LogP contribution >= 0.6 is 11.8 Å². The van der Waals surface area contributed by atoms with E-state index < -0.39 is 5.91 Å². The zero-order valence-electron chi connectivity index (χ0n) is 13.1. The molecule has 1 aromatic heterocycles. The van der Waals surface area contributed by atoms with Gasteiger partial charge in [0.2, 0.25) is 0 Å². The lowest BCUT2D eigenvalue weighted by Gasteiger charge is -2.12. The van der Waals surface area contributed by atoms with Gasteiger partial charge in [0.25, 0.3) is 5.91 Å². The van der Waals surface area contributed by atoms with Crippen LogP contribution in [0.4, 0.5) is 0 Å². The molecule has 2 heterocycles. The van der Waals surface area contributed by atoms with Crippen LogP contribution in [0, 0.1) is 13.8 Å². The van der Waals surface area contributed by atoms with Gasteiger partial charge < -0.3 is 15.2 Å². The molecule has 3 rings (SSSR count). The van der Waals surface area contributed by atoms with E-state index in [1.807, 2.05) is 38.1 Å². The first-order chi connectivity index (χ1) is 11.0. The number of primary amides is 1. The molecule has 1 amide bonds. The first kappa shape index (κ1) is 15.7. The van der Waals surface area contributed by atoms with E-state index in [0.29, 0.717) is 23.8 Å². The Bertz CT molecular complexity index is 762. The minimum atomic E-state index is -0.466. The standard InChI is InChI=1S/C17H18N2O3S/c1-10-8-11(2)19-17(15(10)16(18)20)23-12-4-5-13-14(9-12)22-7-3-6-21-13/h4-5,8-9H,3,6-7H2,1-2H3,(H2,18,20). The number of benzene rings is 1. The second-order valence-corrected chi connectivity index (χ2v) is 6.45. The Kier molecular flexibility index (Phi) is 4.43. The summed E-state index contributed by atoms with van der Waals surface area (Å²) in [7, 11) is 0. The first-order valence-corrected chi connectivity index (χ1v) is 8.22. The Morgan fingerprint density at radius 1 is 1.17 bits per heavy atom. The predicted octanol–water partition coefficient (Wildman–Crippen LogP) is 3.11. The van der Waals surface area contributed by atoms with Crippen molar-refractivity contribution in [3.8, 4) is 11.5 Å². The number of amides is 1. The Hall–Kier alpha value is -2.21. The first-order valence-electron chi connectivity index (χ1n) is 7.40. The summed E-state index contributed by atoms with van der Waals surface area (Å²) in [5.74, 6) is 1.000. The number of hydrogen-bond acceptors (Lipinski definition) is 5. The highest BCUT2D eigenvalue weighted by atomic mass is 32.2. The molecular weight excluding hydrogens is 312 g/mol. The van der Waals surface area contributed by atoms with E-state index in [0.717, 1.165) is 34.1 Å². The zero-order valence-corrected chi connectivity index (χ0v) is 13.9. The van der Waals surface area contributed by atoms with Crippen molar-refractivity contribution in [3.63, 3.8) is 0 Å². The van der Waals surface area contributed by atoms with Crippen LogP contribution in [-0.2, 0) is 0 Å². The lowest BCUT2D eigenvalue weighted by Crippen LogP contribution is -2.15. The molecule has 1 aliphatic heterocycles. The van der Waals surface area contributed by atoms with Crippen molar-refractivity contribution in [2.45, 2.75) is 30.2 Å². The molecule has 23 heavy (non-hydrogen) atoms. The topological polar surface area (TPSA) is 74.4 Å². The van der Waals surface area contributed by atoms with Gasteiger partial charge in [-0.1, -0.05) is 11.8 Å². The highest BCUT2D eigenvalue weighted by molar-refractivity contribution is 7.99. The van der Waals surface area contributed by atoms with E-state index in [4.69, 9.17) is 15.2 Å². The fraction of sp³-hybridized carbons (Fsp3) is 0.294. The van der Waals surface area contributed by atoms with Crippen molar-refractivity contribution in [2.24, 2.45) is 5.73 Å². The van der Waals surface area contributed by atoms with Crippen LogP contribution in [0.5, 0.6) is 11.5 Å². The van der Waals surface area contributed by atoms with Crippen LogP contribution < -0.4 is 15.2 Å². The minimum absolute atomic E-state index is 0.465. The highest BCUT2D eigenvalue weighted by Crippen LogP contribution is 2.37. The van der Waals surface area contributed by atoms with E-state index in [1.165, 1.54) is 11.8 Å². The molecule has 0 saturated heterocycles. The van der Waals surface area contributed by atoms with Gasteiger partial charge in [-0.25, -0.2) is 4.98 Å². The average Bonchev–Trinajstić information content (AvgIpc) is 2.70. The van der Waals surface area contributed by atoms with Crippen LogP contribution in [0.2, 0.25) is 0 Å². The molecule has 0 atom stereocenters. The number of nitrogens with zero attached hydrogens (tertiary/aromatic N) is 1. The van der Waals surface area contributed by atoms with Gasteiger partial charge in [0.1, 0.15) is 5.03 Å². The molecule has 0 unspecified atom stereocenters. The molecule has 0 radical (unpaired) electrons. The predicted molar refractivity (Wildman–Crippen MR) is 88.4 cm³/mol. The molecule has 0 fully saturated rings. The van der Waals surface area contributed by atoms with Crippen LogP contribution in [0.1, 0.15) is 28.0 Å². The summed E-state index contributed by atoms with van der Waals surface area (Å²) >= 11 is 1.40. The summed E-state index contributed by atoms with van der Waals surface area (Å²) < 4.78 is 11.3. The third-order valence-corrected chi connectivity index (χ3v) is 4.47. The number of ether oxygens (including phenoxy) is 2. The van der Waals surface area contributed by atoms with Crippen LogP contribution in [0.25, 0.3) is 0 Å². The number of fused-ring (bicyclic) bond motifs is 1. The van der Waals surface area contributed by atoms with Crippen molar-refractivity contribution < 1.29 is 14.3 Å². The van der Waals surface area contributed by atoms with E-state index in [1.54, 1.807) is 0 Å². The van der Waals surface area contributed by atoms with Gasteiger partial charge in [-0.05, 0) is 43.7 Å². The number of pyridine rings is 1. The Balaban J connectivity index is 1.96. The van der Waals surface area contributed by atoms with Gasteiger partial charge in [0.05, 0.1) is 18.8 Å². The summed E-state index contributed by atoms with van der Waals surface area (Å²) in [4.78, 5) is 17.1. The van der Waals surface area contributed by atoms with Crippen molar-refractivity contribution in [2.75, 3.05) is 13.2 Å². The van der Waals surface area contributed by atoms with E-state index >= 15 is 0 Å². The number of carbonyl (C=O) groups excluding carboxylic acids is 1.